The molecule has 2 unspecified atom stereocenters. The lowest BCUT2D eigenvalue weighted by molar-refractivity contribution is -0.121. The second kappa shape index (κ2) is 7.89. The maximum absolute atomic E-state index is 12.8. The van der Waals surface area contributed by atoms with E-state index >= 15 is 0 Å². The monoisotopic (exact) mass is 267 g/mol. The third-order valence-corrected chi connectivity index (χ3v) is 3.00. The van der Waals surface area contributed by atoms with Crippen LogP contribution in [-0.2, 0) is 4.79 Å². The molecule has 2 N–H and O–H groups in total. The third-order valence-electron chi connectivity index (χ3n) is 3.00. The average Bonchev–Trinajstić information content (AvgIpc) is 2.36. The van der Waals surface area contributed by atoms with Crippen LogP contribution in [0.25, 0.3) is 0 Å². The van der Waals surface area contributed by atoms with Crippen LogP contribution in [0.4, 0.5) is 4.39 Å². The summed E-state index contributed by atoms with van der Waals surface area (Å²) in [5, 5.41) is 12.9. The molecule has 0 aliphatic heterocycles. The lowest BCUT2D eigenvalue weighted by atomic mass is 10.0. The van der Waals surface area contributed by atoms with Crippen molar-refractivity contribution in [3.05, 3.63) is 35.6 Å². The summed E-state index contributed by atoms with van der Waals surface area (Å²) in [6.07, 6.45) is 2.11. The van der Waals surface area contributed by atoms with Gasteiger partial charge in [-0.2, -0.15) is 0 Å². The third kappa shape index (κ3) is 5.83. The first-order valence-electron chi connectivity index (χ1n) is 6.75. The van der Waals surface area contributed by atoms with Gasteiger partial charge >= 0.3 is 0 Å². The topological polar surface area (TPSA) is 49.3 Å². The molecule has 106 valence electrons. The Morgan fingerprint density at radius 3 is 2.58 bits per heavy atom. The molecule has 19 heavy (non-hydrogen) atoms. The number of carbonyl (C=O) groups is 1. The largest absolute Gasteiger partial charge is 0.388 e. The lowest BCUT2D eigenvalue weighted by Crippen LogP contribution is -2.33. The smallest absolute Gasteiger partial charge is 0.220 e. The number of aliphatic hydroxyl groups excluding tert-OH is 1. The van der Waals surface area contributed by atoms with Crippen LogP contribution in [0, 0.1) is 5.82 Å². The molecule has 0 aromatic heterocycles. The number of hydrogen-bond donors (Lipinski definition) is 2. The van der Waals surface area contributed by atoms with Crippen molar-refractivity contribution in [2.24, 2.45) is 0 Å². The summed E-state index contributed by atoms with van der Waals surface area (Å²) < 4.78 is 12.8. The van der Waals surface area contributed by atoms with Gasteiger partial charge in [-0.3, -0.25) is 4.79 Å². The molecule has 0 saturated carbocycles. The maximum atomic E-state index is 12.8. The summed E-state index contributed by atoms with van der Waals surface area (Å²) in [6.45, 7) is 3.89. The molecule has 0 bridgehead atoms. The predicted octanol–water partition coefficient (Wildman–Crippen LogP) is 2.94. The van der Waals surface area contributed by atoms with Gasteiger partial charge in [0.05, 0.1) is 6.10 Å². The van der Waals surface area contributed by atoms with Crippen molar-refractivity contribution in [2.45, 2.75) is 51.7 Å². The highest BCUT2D eigenvalue weighted by molar-refractivity contribution is 5.76. The van der Waals surface area contributed by atoms with E-state index in [1.54, 1.807) is 12.1 Å². The molecule has 1 aromatic rings. The van der Waals surface area contributed by atoms with Gasteiger partial charge in [-0.05, 0) is 37.5 Å². The Labute approximate surface area is 113 Å². The van der Waals surface area contributed by atoms with Crippen LogP contribution in [0.1, 0.15) is 51.2 Å². The number of halogens is 1. The second-order valence-electron chi connectivity index (χ2n) is 4.88. The zero-order valence-electron chi connectivity index (χ0n) is 11.5. The quantitative estimate of drug-likeness (QED) is 0.798. The van der Waals surface area contributed by atoms with E-state index in [4.69, 9.17) is 0 Å². The Kier molecular flexibility index (Phi) is 6.50. The van der Waals surface area contributed by atoms with Gasteiger partial charge in [0.25, 0.3) is 0 Å². The Morgan fingerprint density at radius 2 is 2.00 bits per heavy atom. The Hall–Kier alpha value is -1.42. The van der Waals surface area contributed by atoms with Gasteiger partial charge in [0.2, 0.25) is 5.91 Å². The molecule has 0 aliphatic carbocycles. The Morgan fingerprint density at radius 1 is 1.37 bits per heavy atom. The molecular weight excluding hydrogens is 245 g/mol. The van der Waals surface area contributed by atoms with Crippen molar-refractivity contribution in [2.75, 3.05) is 0 Å². The normalized spacial score (nSPS) is 13.9. The number of benzene rings is 1. The number of hydrogen-bond acceptors (Lipinski definition) is 2. The van der Waals surface area contributed by atoms with Crippen molar-refractivity contribution in [3.8, 4) is 0 Å². The Bertz CT molecular complexity index is 392. The molecule has 0 spiro atoms. The van der Waals surface area contributed by atoms with Crippen LogP contribution < -0.4 is 5.32 Å². The molecular formula is C15H22FNO2. The molecule has 1 rings (SSSR count). The highest BCUT2D eigenvalue weighted by Gasteiger charge is 2.14. The Balaban J connectivity index is 2.41. The minimum atomic E-state index is -0.693. The van der Waals surface area contributed by atoms with Crippen molar-refractivity contribution in [3.63, 3.8) is 0 Å². The van der Waals surface area contributed by atoms with E-state index in [-0.39, 0.29) is 17.8 Å². The highest BCUT2D eigenvalue weighted by Crippen LogP contribution is 2.18. The van der Waals surface area contributed by atoms with E-state index in [1.165, 1.54) is 12.1 Å². The second-order valence-corrected chi connectivity index (χ2v) is 4.88. The van der Waals surface area contributed by atoms with E-state index in [9.17, 15) is 14.3 Å². The standard InChI is InChI=1S/C15H22FNO2/c1-3-4-5-15(19)17-11(2)10-14(18)12-6-8-13(16)9-7-12/h6-9,11,14,18H,3-5,10H2,1-2H3,(H,17,19). The van der Waals surface area contributed by atoms with Crippen molar-refractivity contribution < 1.29 is 14.3 Å². The number of rotatable bonds is 7. The van der Waals surface area contributed by atoms with E-state index in [1.807, 2.05) is 13.8 Å². The first-order chi connectivity index (χ1) is 9.02. The molecule has 0 saturated heterocycles. The van der Waals surface area contributed by atoms with Gasteiger partial charge in [0, 0.05) is 12.5 Å². The molecule has 4 heteroatoms. The molecule has 2 atom stereocenters. The van der Waals surface area contributed by atoms with Crippen LogP contribution in [0.2, 0.25) is 0 Å². The van der Waals surface area contributed by atoms with Crippen molar-refractivity contribution >= 4 is 5.91 Å². The molecule has 0 fully saturated rings. The zero-order chi connectivity index (χ0) is 14.3. The highest BCUT2D eigenvalue weighted by atomic mass is 19.1. The number of nitrogens with one attached hydrogen (secondary N) is 1. The summed E-state index contributed by atoms with van der Waals surface area (Å²) in [5.74, 6) is -0.308. The molecule has 0 heterocycles. The first-order valence-corrected chi connectivity index (χ1v) is 6.75. The van der Waals surface area contributed by atoms with Gasteiger partial charge in [0.15, 0.2) is 0 Å². The minimum absolute atomic E-state index is 0.0145. The van der Waals surface area contributed by atoms with E-state index < -0.39 is 6.10 Å². The van der Waals surface area contributed by atoms with E-state index in [0.29, 0.717) is 18.4 Å². The fourth-order valence-corrected chi connectivity index (χ4v) is 1.90. The number of amides is 1. The summed E-state index contributed by atoms with van der Waals surface area (Å²) in [5.41, 5.74) is 0.663. The van der Waals surface area contributed by atoms with Gasteiger partial charge in [0.1, 0.15) is 5.82 Å². The number of carbonyl (C=O) groups excluding carboxylic acids is 1. The van der Waals surface area contributed by atoms with Crippen molar-refractivity contribution in [1.29, 1.82) is 0 Å². The minimum Gasteiger partial charge on any atom is -0.388 e. The van der Waals surface area contributed by atoms with Crippen LogP contribution in [-0.4, -0.2) is 17.1 Å². The van der Waals surface area contributed by atoms with Gasteiger partial charge in [-0.25, -0.2) is 4.39 Å². The molecule has 0 radical (unpaired) electrons. The number of unbranched alkanes of at least 4 members (excludes halogenated alkanes) is 1. The van der Waals surface area contributed by atoms with Crippen LogP contribution in [0.5, 0.6) is 0 Å². The summed E-state index contributed by atoms with van der Waals surface area (Å²) >= 11 is 0. The molecule has 1 amide bonds. The average molecular weight is 267 g/mol. The SMILES string of the molecule is CCCCC(=O)NC(C)CC(O)c1ccc(F)cc1. The first kappa shape index (κ1) is 15.6. The van der Waals surface area contributed by atoms with Crippen LogP contribution in [0.3, 0.4) is 0 Å². The van der Waals surface area contributed by atoms with Crippen molar-refractivity contribution in [1.82, 2.24) is 5.32 Å². The fraction of sp³-hybridized carbons (Fsp3) is 0.533. The summed E-state index contributed by atoms with van der Waals surface area (Å²) in [4.78, 5) is 11.5. The van der Waals surface area contributed by atoms with E-state index in [2.05, 4.69) is 5.32 Å². The van der Waals surface area contributed by atoms with Crippen LogP contribution in [0.15, 0.2) is 24.3 Å². The molecule has 1 aromatic carbocycles. The molecule has 0 aliphatic rings. The lowest BCUT2D eigenvalue weighted by Gasteiger charge is -2.18. The number of aliphatic hydroxyl groups is 1. The zero-order valence-corrected chi connectivity index (χ0v) is 11.5. The maximum Gasteiger partial charge on any atom is 0.220 e. The summed E-state index contributed by atoms with van der Waals surface area (Å²) in [6, 6.07) is 5.66. The molecule has 3 nitrogen and oxygen atoms in total. The predicted molar refractivity (Wildman–Crippen MR) is 73.1 cm³/mol. The fourth-order valence-electron chi connectivity index (χ4n) is 1.90. The van der Waals surface area contributed by atoms with Gasteiger partial charge in [-0.15, -0.1) is 0 Å². The van der Waals surface area contributed by atoms with Gasteiger partial charge in [-0.1, -0.05) is 25.5 Å². The van der Waals surface area contributed by atoms with Gasteiger partial charge < -0.3 is 10.4 Å². The van der Waals surface area contributed by atoms with E-state index in [0.717, 1.165) is 12.8 Å². The summed E-state index contributed by atoms with van der Waals surface area (Å²) in [7, 11) is 0. The van der Waals surface area contributed by atoms with Crippen LogP contribution >= 0.6 is 0 Å².